The molecule has 3 saturated heterocycles. The summed E-state index contributed by atoms with van der Waals surface area (Å²) in [6.45, 7) is 6.30. The molecule has 174 valence electrons. The molecule has 1 N–H and O–H groups in total. The summed E-state index contributed by atoms with van der Waals surface area (Å²) in [6, 6.07) is 19.5. The number of hydrogen-bond acceptors (Lipinski definition) is 5. The number of rotatable bonds is 3. The van der Waals surface area contributed by atoms with Crippen LogP contribution < -0.4 is 0 Å². The van der Waals surface area contributed by atoms with Crippen LogP contribution in [0.2, 0.25) is 0 Å². The van der Waals surface area contributed by atoms with Crippen molar-refractivity contribution >= 4 is 0 Å². The number of aliphatic hydroxyl groups is 1. The lowest BCUT2D eigenvalue weighted by Crippen LogP contribution is -2.67. The highest BCUT2D eigenvalue weighted by Crippen LogP contribution is 2.61. The minimum Gasteiger partial charge on any atom is -0.462 e. The van der Waals surface area contributed by atoms with Crippen LogP contribution in [0.1, 0.15) is 57.6 Å². The molecule has 1 saturated carbocycles. The van der Waals surface area contributed by atoms with Crippen LogP contribution in [0.15, 0.2) is 72.0 Å². The molecule has 5 nitrogen and oxygen atoms in total. The van der Waals surface area contributed by atoms with Gasteiger partial charge in [-0.3, -0.25) is 0 Å². The van der Waals surface area contributed by atoms with Gasteiger partial charge in [-0.1, -0.05) is 67.6 Å². The highest BCUT2D eigenvalue weighted by atomic mass is 17.3. The van der Waals surface area contributed by atoms with Crippen LogP contribution in [0.5, 0.6) is 0 Å². The van der Waals surface area contributed by atoms with E-state index >= 15 is 0 Å². The van der Waals surface area contributed by atoms with E-state index in [0.717, 1.165) is 42.4 Å². The minimum absolute atomic E-state index is 0.0362. The van der Waals surface area contributed by atoms with Crippen LogP contribution in [0, 0.1) is 17.8 Å². The molecule has 1 aliphatic carbocycles. The molecule has 1 spiro atoms. The van der Waals surface area contributed by atoms with Crippen LogP contribution in [0.25, 0.3) is 0 Å². The second-order valence-corrected chi connectivity index (χ2v) is 10.4. The zero-order valence-corrected chi connectivity index (χ0v) is 19.5. The molecule has 0 unspecified atom stereocenters. The Morgan fingerprint density at radius 1 is 0.909 bits per heavy atom. The van der Waals surface area contributed by atoms with Gasteiger partial charge in [0.1, 0.15) is 5.76 Å². The van der Waals surface area contributed by atoms with Gasteiger partial charge in [0.05, 0.1) is 0 Å². The fourth-order valence-electron chi connectivity index (χ4n) is 6.77. The number of fused-ring (bicyclic) bond motifs is 2. The van der Waals surface area contributed by atoms with Crippen molar-refractivity contribution in [2.24, 2.45) is 17.8 Å². The normalized spacial score (nSPS) is 37.8. The summed E-state index contributed by atoms with van der Waals surface area (Å²) in [5.74, 6) is 0.480. The molecule has 4 fully saturated rings. The third kappa shape index (κ3) is 2.93. The Morgan fingerprint density at radius 2 is 1.55 bits per heavy atom. The second-order valence-electron chi connectivity index (χ2n) is 10.4. The maximum Gasteiger partial charge on any atom is 0.235 e. The zero-order valence-electron chi connectivity index (χ0n) is 19.5. The molecule has 5 aliphatic rings. The molecule has 0 amide bonds. The molecule has 0 aromatic heterocycles. The average molecular weight is 449 g/mol. The molecule has 2 aromatic carbocycles. The summed E-state index contributed by atoms with van der Waals surface area (Å²) in [5, 5.41) is 12.5. The smallest absolute Gasteiger partial charge is 0.235 e. The van der Waals surface area contributed by atoms with Gasteiger partial charge in [0.15, 0.2) is 11.2 Å². The largest absolute Gasteiger partial charge is 0.462 e. The molecule has 0 radical (unpaired) electrons. The van der Waals surface area contributed by atoms with Gasteiger partial charge in [-0.05, 0) is 55.7 Å². The van der Waals surface area contributed by atoms with E-state index in [2.05, 4.69) is 13.8 Å². The molecule has 5 heteroatoms. The van der Waals surface area contributed by atoms with Crippen molar-refractivity contribution in [2.45, 2.75) is 69.7 Å². The van der Waals surface area contributed by atoms with Gasteiger partial charge in [0.2, 0.25) is 12.1 Å². The topological polar surface area (TPSA) is 57.2 Å². The van der Waals surface area contributed by atoms with E-state index in [1.165, 1.54) is 0 Å². The number of benzene rings is 2. The summed E-state index contributed by atoms with van der Waals surface area (Å²) < 4.78 is 13.2. The van der Waals surface area contributed by atoms with Gasteiger partial charge in [-0.15, -0.1) is 0 Å². The summed E-state index contributed by atoms with van der Waals surface area (Å²) in [5.41, 5.74) is 0.406. The Kier molecular flexibility index (Phi) is 4.80. The maximum absolute atomic E-state index is 12.5. The highest BCUT2D eigenvalue weighted by molar-refractivity contribution is 5.46. The molecule has 4 heterocycles. The van der Waals surface area contributed by atoms with Crippen LogP contribution >= 0.6 is 0 Å². The number of hydrogen-bond donors (Lipinski definition) is 1. The molecular weight excluding hydrogens is 416 g/mol. The van der Waals surface area contributed by atoms with Gasteiger partial charge in [-0.2, -0.15) is 0 Å². The highest BCUT2D eigenvalue weighted by Gasteiger charge is 2.69. The Bertz CT molecular complexity index is 1030. The molecule has 2 aromatic rings. The van der Waals surface area contributed by atoms with Gasteiger partial charge in [-0.25, -0.2) is 9.78 Å². The lowest BCUT2D eigenvalue weighted by molar-refractivity contribution is -0.557. The van der Waals surface area contributed by atoms with Crippen molar-refractivity contribution < 1.29 is 24.4 Å². The first-order chi connectivity index (χ1) is 15.9. The standard InChI is InChI=1S/C28H32O5/c1-18-14-15-23-19(2)24(30-25-28(23)22(18)16-17-26(3,31-25)32-33-28)27(29,20-10-6-4-7-11-20)21-12-8-5-9-13-21/h4-13,18,22-23,25,29H,14-17H2,1-3H3/t18-,22+,23+,25-,26-,28-/m1/s1. The quantitative estimate of drug-likeness (QED) is 0.634. The monoisotopic (exact) mass is 448 g/mol. The second kappa shape index (κ2) is 7.41. The van der Waals surface area contributed by atoms with Gasteiger partial charge in [0, 0.05) is 18.3 Å². The Morgan fingerprint density at radius 3 is 2.18 bits per heavy atom. The maximum atomic E-state index is 12.5. The van der Waals surface area contributed by atoms with Crippen molar-refractivity contribution in [1.82, 2.24) is 0 Å². The molecule has 7 rings (SSSR count). The van der Waals surface area contributed by atoms with Crippen molar-refractivity contribution in [2.75, 3.05) is 0 Å². The van der Waals surface area contributed by atoms with Crippen LogP contribution in [-0.2, 0) is 24.8 Å². The van der Waals surface area contributed by atoms with E-state index < -0.39 is 23.3 Å². The summed E-state index contributed by atoms with van der Waals surface area (Å²) >= 11 is 0. The van der Waals surface area contributed by atoms with E-state index in [1.54, 1.807) is 0 Å². The average Bonchev–Trinajstić information content (AvgIpc) is 3.08. The molecule has 6 atom stereocenters. The molecular formula is C28H32O5. The van der Waals surface area contributed by atoms with Gasteiger partial charge >= 0.3 is 0 Å². The van der Waals surface area contributed by atoms with E-state index in [1.807, 2.05) is 67.6 Å². The minimum atomic E-state index is -1.44. The lowest BCUT2D eigenvalue weighted by atomic mass is 9.59. The number of ether oxygens (including phenoxy) is 2. The van der Waals surface area contributed by atoms with Crippen LogP contribution in [0.3, 0.4) is 0 Å². The lowest BCUT2D eigenvalue weighted by Gasteiger charge is -2.58. The van der Waals surface area contributed by atoms with Gasteiger partial charge in [0.25, 0.3) is 0 Å². The third-order valence-electron chi connectivity index (χ3n) is 8.54. The summed E-state index contributed by atoms with van der Waals surface area (Å²) in [4.78, 5) is 12.2. The molecule has 33 heavy (non-hydrogen) atoms. The van der Waals surface area contributed by atoms with Crippen LogP contribution in [-0.4, -0.2) is 22.8 Å². The fraction of sp³-hybridized carbons (Fsp3) is 0.500. The van der Waals surface area contributed by atoms with Crippen LogP contribution in [0.4, 0.5) is 0 Å². The van der Waals surface area contributed by atoms with Crippen molar-refractivity contribution in [3.8, 4) is 0 Å². The first-order valence-corrected chi connectivity index (χ1v) is 12.1. The Balaban J connectivity index is 1.56. The first-order valence-electron chi connectivity index (χ1n) is 12.1. The third-order valence-corrected chi connectivity index (χ3v) is 8.54. The predicted octanol–water partition coefficient (Wildman–Crippen LogP) is 5.44. The Labute approximate surface area is 195 Å². The summed E-state index contributed by atoms with van der Waals surface area (Å²) in [6.07, 6.45) is 3.12. The van der Waals surface area contributed by atoms with E-state index in [0.29, 0.717) is 11.7 Å². The van der Waals surface area contributed by atoms with Crippen molar-refractivity contribution in [3.63, 3.8) is 0 Å². The first kappa shape index (κ1) is 21.4. The SMILES string of the molecule is CC1=C(C(O)(c2ccccc2)c2ccccc2)O[C@@H]2O[C@@]3(C)CC[C@H]4[C@H](C)CC[C@@H]1[C@@]24OO3. The Hall–Kier alpha value is -2.18. The molecule has 2 bridgehead atoms. The van der Waals surface area contributed by atoms with Gasteiger partial charge < -0.3 is 14.6 Å². The molecule has 4 aliphatic heterocycles. The zero-order chi connectivity index (χ0) is 22.8. The fourth-order valence-corrected chi connectivity index (χ4v) is 6.77. The summed E-state index contributed by atoms with van der Waals surface area (Å²) in [7, 11) is 0. The van der Waals surface area contributed by atoms with E-state index in [4.69, 9.17) is 19.2 Å². The van der Waals surface area contributed by atoms with E-state index in [9.17, 15) is 5.11 Å². The van der Waals surface area contributed by atoms with Crippen molar-refractivity contribution in [1.29, 1.82) is 0 Å². The predicted molar refractivity (Wildman–Crippen MR) is 122 cm³/mol. The van der Waals surface area contributed by atoms with E-state index in [-0.39, 0.29) is 11.8 Å². The van der Waals surface area contributed by atoms with Crippen molar-refractivity contribution in [3.05, 3.63) is 83.1 Å².